The van der Waals surface area contributed by atoms with E-state index in [1.165, 1.54) is 11.1 Å². The van der Waals surface area contributed by atoms with Gasteiger partial charge < -0.3 is 5.11 Å². The molecule has 0 saturated heterocycles. The minimum atomic E-state index is 0.171. The summed E-state index contributed by atoms with van der Waals surface area (Å²) in [5.41, 5.74) is 2.84. The molecule has 0 aliphatic carbocycles. The van der Waals surface area contributed by atoms with E-state index >= 15 is 0 Å². The summed E-state index contributed by atoms with van der Waals surface area (Å²) in [7, 11) is 0. The van der Waals surface area contributed by atoms with Gasteiger partial charge in [-0.3, -0.25) is 0 Å². The van der Waals surface area contributed by atoms with Crippen LogP contribution in [0.15, 0.2) is 23.3 Å². The number of rotatable bonds is 6. The van der Waals surface area contributed by atoms with Gasteiger partial charge in [0.15, 0.2) is 0 Å². The molecule has 0 fully saturated rings. The number of hydrogen-bond acceptors (Lipinski definition) is 1. The molecule has 0 aromatic heterocycles. The molecule has 0 radical (unpaired) electrons. The quantitative estimate of drug-likeness (QED) is 0.409. The van der Waals surface area contributed by atoms with Gasteiger partial charge >= 0.3 is 0 Å². The highest BCUT2D eigenvalue weighted by molar-refractivity contribution is 5.05. The lowest BCUT2D eigenvalue weighted by Crippen LogP contribution is -1.78. The van der Waals surface area contributed by atoms with Crippen LogP contribution in [0.1, 0.15) is 52.9 Å². The van der Waals surface area contributed by atoms with Crippen molar-refractivity contribution < 1.29 is 5.11 Å². The monoisotopic (exact) mass is 220 g/mol. The topological polar surface area (TPSA) is 20.2 Å². The molecule has 0 aromatic carbocycles. The van der Waals surface area contributed by atoms with Crippen molar-refractivity contribution in [3.05, 3.63) is 23.3 Å². The molecular formula is C15H24O. The van der Waals surface area contributed by atoms with Gasteiger partial charge in [0, 0.05) is 12.8 Å². The number of aliphatic hydroxyl groups excluding tert-OH is 1. The van der Waals surface area contributed by atoms with Crippen molar-refractivity contribution in [2.75, 3.05) is 6.61 Å². The van der Waals surface area contributed by atoms with Crippen molar-refractivity contribution in [1.82, 2.24) is 0 Å². The molecule has 0 aromatic rings. The molecule has 1 heteroatoms. The predicted octanol–water partition coefficient (Wildman–Crippen LogP) is 3.85. The Kier molecular flexibility index (Phi) is 9.86. The maximum atomic E-state index is 8.53. The van der Waals surface area contributed by atoms with E-state index in [-0.39, 0.29) is 6.61 Å². The largest absolute Gasteiger partial charge is 0.395 e. The van der Waals surface area contributed by atoms with Gasteiger partial charge in [-0.1, -0.05) is 23.3 Å². The van der Waals surface area contributed by atoms with Crippen molar-refractivity contribution >= 4 is 0 Å². The second kappa shape index (κ2) is 10.5. The fraction of sp³-hybridized carbons (Fsp3) is 0.600. The minimum Gasteiger partial charge on any atom is -0.395 e. The smallest absolute Gasteiger partial charge is 0.0540 e. The van der Waals surface area contributed by atoms with Crippen LogP contribution in [-0.4, -0.2) is 11.7 Å². The van der Waals surface area contributed by atoms with Crippen LogP contribution in [0.25, 0.3) is 0 Å². The van der Waals surface area contributed by atoms with Crippen LogP contribution in [0.4, 0.5) is 0 Å². The van der Waals surface area contributed by atoms with Crippen LogP contribution in [0.5, 0.6) is 0 Å². The minimum absolute atomic E-state index is 0.171. The lowest BCUT2D eigenvalue weighted by atomic mass is 10.1. The average molecular weight is 220 g/mol. The molecule has 0 bridgehead atoms. The first kappa shape index (κ1) is 15.0. The zero-order valence-electron chi connectivity index (χ0n) is 10.8. The van der Waals surface area contributed by atoms with Crippen LogP contribution >= 0.6 is 0 Å². The van der Waals surface area contributed by atoms with E-state index in [0.717, 1.165) is 25.7 Å². The summed E-state index contributed by atoms with van der Waals surface area (Å²) in [4.78, 5) is 0. The molecule has 0 atom stereocenters. The predicted molar refractivity (Wildman–Crippen MR) is 71.1 cm³/mol. The Balaban J connectivity index is 3.64. The van der Waals surface area contributed by atoms with Crippen LogP contribution in [0.3, 0.4) is 0 Å². The molecule has 1 nitrogen and oxygen atoms in total. The molecule has 0 aliphatic rings. The van der Waals surface area contributed by atoms with Gasteiger partial charge in [-0.15, -0.1) is 11.8 Å². The Morgan fingerprint density at radius 2 is 1.69 bits per heavy atom. The molecule has 1 N–H and O–H groups in total. The van der Waals surface area contributed by atoms with Crippen molar-refractivity contribution in [2.45, 2.75) is 52.9 Å². The van der Waals surface area contributed by atoms with Gasteiger partial charge in [-0.2, -0.15) is 0 Å². The van der Waals surface area contributed by atoms with Gasteiger partial charge in [0.05, 0.1) is 6.61 Å². The van der Waals surface area contributed by atoms with Crippen molar-refractivity contribution in [3.8, 4) is 11.8 Å². The van der Waals surface area contributed by atoms with E-state index in [9.17, 15) is 0 Å². The number of aliphatic hydroxyl groups is 1. The highest BCUT2D eigenvalue weighted by Gasteiger charge is 1.88. The number of hydrogen-bond donors (Lipinski definition) is 1. The number of allylic oxidation sites excluding steroid dienone is 4. The second-order valence-corrected chi connectivity index (χ2v) is 4.24. The van der Waals surface area contributed by atoms with E-state index in [2.05, 4.69) is 44.8 Å². The molecule has 0 saturated carbocycles. The first-order valence-electron chi connectivity index (χ1n) is 6.02. The first-order valence-corrected chi connectivity index (χ1v) is 6.02. The fourth-order valence-electron chi connectivity index (χ4n) is 1.31. The molecule has 90 valence electrons. The summed E-state index contributed by atoms with van der Waals surface area (Å²) in [6.07, 6.45) is 9.36. The third kappa shape index (κ3) is 11.1. The molecule has 0 unspecified atom stereocenters. The lowest BCUT2D eigenvalue weighted by Gasteiger charge is -1.97. The summed E-state index contributed by atoms with van der Waals surface area (Å²) in [6, 6.07) is 0. The van der Waals surface area contributed by atoms with Gasteiger partial charge in [-0.25, -0.2) is 0 Å². The Morgan fingerprint density at radius 3 is 2.31 bits per heavy atom. The van der Waals surface area contributed by atoms with Gasteiger partial charge in [0.25, 0.3) is 0 Å². The third-order valence-electron chi connectivity index (χ3n) is 2.22. The SMILES string of the molecule is CC(C)=CCC/C(C)=C/CCC#CCCO. The summed E-state index contributed by atoms with van der Waals surface area (Å²) >= 11 is 0. The maximum Gasteiger partial charge on any atom is 0.0540 e. The van der Waals surface area contributed by atoms with Crippen LogP contribution in [-0.2, 0) is 0 Å². The number of unbranched alkanes of at least 4 members (excludes halogenated alkanes) is 1. The summed E-state index contributed by atoms with van der Waals surface area (Å²) < 4.78 is 0. The molecule has 16 heavy (non-hydrogen) atoms. The van der Waals surface area contributed by atoms with E-state index in [1.54, 1.807) is 0 Å². The van der Waals surface area contributed by atoms with Crippen LogP contribution < -0.4 is 0 Å². The molecular weight excluding hydrogens is 196 g/mol. The van der Waals surface area contributed by atoms with E-state index < -0.39 is 0 Å². The zero-order valence-corrected chi connectivity index (χ0v) is 10.8. The average Bonchev–Trinajstić information content (AvgIpc) is 2.22. The van der Waals surface area contributed by atoms with Gasteiger partial charge in [-0.05, 0) is 40.0 Å². The van der Waals surface area contributed by atoms with Gasteiger partial charge in [0.2, 0.25) is 0 Å². The first-order chi connectivity index (χ1) is 7.66. The standard InChI is InChI=1S/C15H24O/c1-14(2)10-9-12-15(3)11-7-5-4-6-8-13-16/h10-11,16H,5,7-9,12-13H2,1-3H3/b15-11+. The molecule has 0 spiro atoms. The summed E-state index contributed by atoms with van der Waals surface area (Å²) in [5.74, 6) is 5.98. The third-order valence-corrected chi connectivity index (χ3v) is 2.22. The molecule has 0 aliphatic heterocycles. The zero-order chi connectivity index (χ0) is 12.2. The fourth-order valence-corrected chi connectivity index (χ4v) is 1.31. The highest BCUT2D eigenvalue weighted by Crippen LogP contribution is 2.08. The second-order valence-electron chi connectivity index (χ2n) is 4.24. The van der Waals surface area contributed by atoms with Gasteiger partial charge in [0.1, 0.15) is 0 Å². The van der Waals surface area contributed by atoms with Crippen LogP contribution in [0.2, 0.25) is 0 Å². The van der Waals surface area contributed by atoms with Crippen molar-refractivity contribution in [1.29, 1.82) is 0 Å². The highest BCUT2D eigenvalue weighted by atomic mass is 16.2. The van der Waals surface area contributed by atoms with Crippen LogP contribution in [0, 0.1) is 11.8 Å². The Labute approximate surface area is 100 Å². The maximum absolute atomic E-state index is 8.53. The van der Waals surface area contributed by atoms with E-state index in [0.29, 0.717) is 6.42 Å². The lowest BCUT2D eigenvalue weighted by molar-refractivity contribution is 0.305. The molecule has 0 rings (SSSR count). The molecule has 0 amide bonds. The molecule has 0 heterocycles. The van der Waals surface area contributed by atoms with Crippen molar-refractivity contribution in [3.63, 3.8) is 0 Å². The van der Waals surface area contributed by atoms with Crippen molar-refractivity contribution in [2.24, 2.45) is 0 Å². The summed E-state index contributed by atoms with van der Waals surface area (Å²) in [5, 5.41) is 8.53. The van der Waals surface area contributed by atoms with E-state index in [4.69, 9.17) is 5.11 Å². The summed E-state index contributed by atoms with van der Waals surface area (Å²) in [6.45, 7) is 6.62. The Hall–Kier alpha value is -1.00. The van der Waals surface area contributed by atoms with E-state index in [1.807, 2.05) is 0 Å². The Morgan fingerprint density at radius 1 is 1.00 bits per heavy atom. The normalized spacial score (nSPS) is 10.6. The Bertz CT molecular complexity index is 282.